The van der Waals surface area contributed by atoms with Crippen LogP contribution in [0.15, 0.2) is 21.7 Å². The van der Waals surface area contributed by atoms with Gasteiger partial charge in [-0.05, 0) is 21.3 Å². The Hall–Kier alpha value is -0.570. The smallest absolute Gasteiger partial charge is 0.199 e. The van der Waals surface area contributed by atoms with Gasteiger partial charge >= 0.3 is 0 Å². The van der Waals surface area contributed by atoms with Crippen molar-refractivity contribution in [3.63, 3.8) is 0 Å². The third-order valence-corrected chi connectivity index (χ3v) is 2.30. The second-order valence-electron chi connectivity index (χ2n) is 3.80. The zero-order chi connectivity index (χ0) is 9.35. The van der Waals surface area contributed by atoms with Crippen LogP contribution < -0.4 is 5.43 Å². The van der Waals surface area contributed by atoms with Crippen molar-refractivity contribution in [2.75, 3.05) is 0 Å². The van der Waals surface area contributed by atoms with Crippen LogP contribution >= 0.6 is 15.9 Å². The quantitative estimate of drug-likeness (QED) is 0.729. The summed E-state index contributed by atoms with van der Waals surface area (Å²) in [6.07, 6.45) is 3.41. The first-order chi connectivity index (χ1) is 5.43. The first kappa shape index (κ1) is 9.52. The summed E-state index contributed by atoms with van der Waals surface area (Å²) in [5.74, 6) is 0. The summed E-state index contributed by atoms with van der Waals surface area (Å²) in [6, 6.07) is 0. The van der Waals surface area contributed by atoms with E-state index >= 15 is 0 Å². The third-order valence-electron chi connectivity index (χ3n) is 1.71. The van der Waals surface area contributed by atoms with Gasteiger partial charge in [-0.15, -0.1) is 0 Å². The highest BCUT2D eigenvalue weighted by Gasteiger charge is 2.17. The second-order valence-corrected chi connectivity index (χ2v) is 4.65. The van der Waals surface area contributed by atoms with E-state index < -0.39 is 0 Å². The van der Waals surface area contributed by atoms with Gasteiger partial charge in [-0.1, -0.05) is 20.8 Å². The third kappa shape index (κ3) is 1.78. The number of nitrogens with one attached hydrogen (secondary N) is 1. The molecule has 1 N–H and O–H groups in total. The van der Waals surface area contributed by atoms with Crippen LogP contribution in [0.4, 0.5) is 0 Å². The summed E-state index contributed by atoms with van der Waals surface area (Å²) >= 11 is 3.19. The summed E-state index contributed by atoms with van der Waals surface area (Å²) in [5.41, 5.74) is 0.773. The van der Waals surface area contributed by atoms with Crippen LogP contribution in [0.25, 0.3) is 0 Å². The first-order valence-electron chi connectivity index (χ1n) is 3.80. The molecule has 12 heavy (non-hydrogen) atoms. The van der Waals surface area contributed by atoms with E-state index in [0.717, 1.165) is 5.56 Å². The molecule has 0 amide bonds. The predicted molar refractivity (Wildman–Crippen MR) is 53.5 cm³/mol. The van der Waals surface area contributed by atoms with E-state index in [1.165, 1.54) is 0 Å². The zero-order valence-electron chi connectivity index (χ0n) is 7.44. The largest absolute Gasteiger partial charge is 0.366 e. The number of pyridine rings is 1. The number of H-pyrrole nitrogens is 1. The molecule has 0 fully saturated rings. The minimum absolute atomic E-state index is 0.0706. The average molecular weight is 230 g/mol. The Morgan fingerprint density at radius 3 is 2.33 bits per heavy atom. The molecule has 0 atom stereocenters. The molecule has 1 aromatic heterocycles. The minimum Gasteiger partial charge on any atom is -0.366 e. The monoisotopic (exact) mass is 229 g/mol. The summed E-state index contributed by atoms with van der Waals surface area (Å²) in [6.45, 7) is 6.05. The minimum atomic E-state index is -0.0998. The van der Waals surface area contributed by atoms with Gasteiger partial charge < -0.3 is 4.98 Å². The Bertz CT molecular complexity index is 335. The van der Waals surface area contributed by atoms with Gasteiger partial charge in [0.05, 0.1) is 4.47 Å². The van der Waals surface area contributed by atoms with E-state index in [-0.39, 0.29) is 10.8 Å². The Labute approximate surface area is 80.1 Å². The molecule has 0 aliphatic heterocycles. The number of aromatic amines is 1. The molecule has 1 heterocycles. The summed E-state index contributed by atoms with van der Waals surface area (Å²) in [4.78, 5) is 14.5. The maximum absolute atomic E-state index is 11.5. The Kier molecular flexibility index (Phi) is 2.42. The van der Waals surface area contributed by atoms with Crippen molar-refractivity contribution in [3.05, 3.63) is 32.7 Å². The van der Waals surface area contributed by atoms with E-state index in [1.54, 1.807) is 12.4 Å². The van der Waals surface area contributed by atoms with Crippen molar-refractivity contribution < 1.29 is 0 Å². The number of halogens is 1. The van der Waals surface area contributed by atoms with Crippen LogP contribution in [0, 0.1) is 0 Å². The highest BCUT2D eigenvalue weighted by Crippen LogP contribution is 2.18. The standard InChI is InChI=1S/C9H12BrNO/c1-9(2,3)6-4-11-5-7(10)8(6)12/h4-5H,1-3H3,(H,11,12). The molecule has 0 aliphatic carbocycles. The van der Waals surface area contributed by atoms with E-state index in [0.29, 0.717) is 4.47 Å². The molecule has 0 spiro atoms. The number of aromatic nitrogens is 1. The van der Waals surface area contributed by atoms with Crippen LogP contribution in [-0.2, 0) is 5.41 Å². The Morgan fingerprint density at radius 1 is 1.33 bits per heavy atom. The lowest BCUT2D eigenvalue weighted by atomic mass is 9.88. The molecule has 0 aromatic carbocycles. The molecule has 0 radical (unpaired) electrons. The lowest BCUT2D eigenvalue weighted by molar-refractivity contribution is 0.582. The fourth-order valence-corrected chi connectivity index (χ4v) is 1.36. The molecule has 0 bridgehead atoms. The maximum atomic E-state index is 11.5. The van der Waals surface area contributed by atoms with Gasteiger partial charge in [0.25, 0.3) is 0 Å². The molecule has 1 rings (SSSR count). The average Bonchev–Trinajstić information content (AvgIpc) is 1.92. The molecule has 0 saturated carbocycles. The molecule has 66 valence electrons. The summed E-state index contributed by atoms with van der Waals surface area (Å²) in [5, 5.41) is 0. The van der Waals surface area contributed by atoms with Crippen LogP contribution in [0.2, 0.25) is 0 Å². The van der Waals surface area contributed by atoms with Gasteiger partial charge in [-0.25, -0.2) is 0 Å². The van der Waals surface area contributed by atoms with Gasteiger partial charge in [0.2, 0.25) is 0 Å². The molecule has 0 unspecified atom stereocenters. The highest BCUT2D eigenvalue weighted by atomic mass is 79.9. The highest BCUT2D eigenvalue weighted by molar-refractivity contribution is 9.10. The first-order valence-corrected chi connectivity index (χ1v) is 4.59. The maximum Gasteiger partial charge on any atom is 0.199 e. The SMILES string of the molecule is CC(C)(C)c1c[nH]cc(Br)c1=O. The lowest BCUT2D eigenvalue weighted by Gasteiger charge is -2.17. The number of hydrogen-bond acceptors (Lipinski definition) is 1. The van der Waals surface area contributed by atoms with Gasteiger partial charge in [-0.2, -0.15) is 0 Å². The number of rotatable bonds is 0. The normalized spacial score (nSPS) is 11.7. The fourth-order valence-electron chi connectivity index (χ4n) is 1.02. The molecule has 0 aliphatic rings. The molecular weight excluding hydrogens is 218 g/mol. The topological polar surface area (TPSA) is 32.9 Å². The van der Waals surface area contributed by atoms with Crippen LogP contribution in [0.5, 0.6) is 0 Å². The van der Waals surface area contributed by atoms with Crippen LogP contribution in [0.3, 0.4) is 0 Å². The fraction of sp³-hybridized carbons (Fsp3) is 0.444. The van der Waals surface area contributed by atoms with E-state index in [1.807, 2.05) is 20.8 Å². The van der Waals surface area contributed by atoms with E-state index in [9.17, 15) is 4.79 Å². The molecule has 0 saturated heterocycles. The van der Waals surface area contributed by atoms with Gasteiger partial charge in [-0.3, -0.25) is 4.79 Å². The molecule has 2 nitrogen and oxygen atoms in total. The van der Waals surface area contributed by atoms with E-state index in [4.69, 9.17) is 0 Å². The van der Waals surface area contributed by atoms with Crippen molar-refractivity contribution in [3.8, 4) is 0 Å². The molecular formula is C9H12BrNO. The van der Waals surface area contributed by atoms with Gasteiger partial charge in [0.1, 0.15) is 0 Å². The predicted octanol–water partition coefficient (Wildman–Crippen LogP) is 2.43. The van der Waals surface area contributed by atoms with Crippen molar-refractivity contribution in [1.29, 1.82) is 0 Å². The second kappa shape index (κ2) is 3.05. The molecule has 3 heteroatoms. The van der Waals surface area contributed by atoms with Crippen molar-refractivity contribution in [1.82, 2.24) is 4.98 Å². The van der Waals surface area contributed by atoms with Crippen molar-refractivity contribution >= 4 is 15.9 Å². The van der Waals surface area contributed by atoms with Crippen LogP contribution in [0.1, 0.15) is 26.3 Å². The zero-order valence-corrected chi connectivity index (χ0v) is 9.03. The lowest BCUT2D eigenvalue weighted by Crippen LogP contribution is -2.23. The van der Waals surface area contributed by atoms with Crippen molar-refractivity contribution in [2.24, 2.45) is 0 Å². The molecule has 1 aromatic rings. The Morgan fingerprint density at radius 2 is 1.92 bits per heavy atom. The summed E-state index contributed by atoms with van der Waals surface area (Å²) in [7, 11) is 0. The Balaban J connectivity index is 3.37. The van der Waals surface area contributed by atoms with Gasteiger partial charge in [0, 0.05) is 18.0 Å². The van der Waals surface area contributed by atoms with Gasteiger partial charge in [0.15, 0.2) is 5.43 Å². The van der Waals surface area contributed by atoms with Crippen LogP contribution in [-0.4, -0.2) is 4.98 Å². The van der Waals surface area contributed by atoms with E-state index in [2.05, 4.69) is 20.9 Å². The van der Waals surface area contributed by atoms with Crippen molar-refractivity contribution in [2.45, 2.75) is 26.2 Å². The number of hydrogen-bond donors (Lipinski definition) is 1. The summed E-state index contributed by atoms with van der Waals surface area (Å²) < 4.78 is 0.593.